The molecular weight excluding hydrogens is 333 g/mol. The monoisotopic (exact) mass is 353 g/mol. The van der Waals surface area contributed by atoms with Gasteiger partial charge in [-0.3, -0.25) is 15.6 Å². The first-order chi connectivity index (χ1) is 11.5. The maximum Gasteiger partial charge on any atom is 0.314 e. The highest BCUT2D eigenvalue weighted by atomic mass is 32.1. The van der Waals surface area contributed by atoms with E-state index in [1.165, 1.54) is 17.0 Å². The molecule has 1 atom stereocenters. The number of hydrazine groups is 1. The van der Waals surface area contributed by atoms with Crippen molar-refractivity contribution in [3.8, 4) is 0 Å². The number of nitrogens with zero attached hydrogens (tertiary/aromatic N) is 1. The fourth-order valence-electron chi connectivity index (χ4n) is 2.44. The number of carbonyl (C=O) groups is 2. The molecule has 1 aromatic rings. The summed E-state index contributed by atoms with van der Waals surface area (Å²) in [6, 6.07) is 5.50. The lowest BCUT2D eigenvalue weighted by atomic mass is 9.98. The van der Waals surface area contributed by atoms with Crippen molar-refractivity contribution in [1.29, 1.82) is 0 Å². The molecule has 0 radical (unpaired) electrons. The molecule has 2 rings (SSSR count). The number of nitrogens with one attached hydrogen (secondary N) is 3. The molecule has 0 unspecified atom stereocenters. The number of halogens is 1. The number of hydrogen-bond donors (Lipinski definition) is 4. The number of nitrogens with two attached hydrogens (primary N) is 1. The Morgan fingerprint density at radius 2 is 2.00 bits per heavy atom. The molecule has 1 heterocycles. The van der Waals surface area contributed by atoms with Crippen molar-refractivity contribution >= 4 is 29.3 Å². The summed E-state index contributed by atoms with van der Waals surface area (Å²) < 4.78 is 12.8. The normalized spacial score (nSPS) is 17.0. The molecule has 1 aromatic carbocycles. The SMILES string of the molecule is NC(=O)N1CCC[C@@H](C(=O)NNC(=S)NCc2ccc(F)cc2)C1. The fourth-order valence-corrected chi connectivity index (χ4v) is 2.56. The number of amides is 3. The first-order valence-electron chi connectivity index (χ1n) is 7.58. The van der Waals surface area contributed by atoms with Crippen molar-refractivity contribution in [3.63, 3.8) is 0 Å². The van der Waals surface area contributed by atoms with E-state index in [4.69, 9.17) is 18.0 Å². The molecule has 3 amide bonds. The van der Waals surface area contributed by atoms with E-state index in [0.29, 0.717) is 26.1 Å². The van der Waals surface area contributed by atoms with Crippen LogP contribution in [0.25, 0.3) is 0 Å². The summed E-state index contributed by atoms with van der Waals surface area (Å²) >= 11 is 5.07. The Balaban J connectivity index is 1.71. The molecule has 5 N–H and O–H groups in total. The average molecular weight is 353 g/mol. The highest BCUT2D eigenvalue weighted by Crippen LogP contribution is 2.15. The van der Waals surface area contributed by atoms with E-state index in [1.807, 2.05) is 0 Å². The lowest BCUT2D eigenvalue weighted by Gasteiger charge is -2.30. The predicted octanol–water partition coefficient (Wildman–Crippen LogP) is 0.612. The van der Waals surface area contributed by atoms with E-state index in [2.05, 4.69) is 16.2 Å². The van der Waals surface area contributed by atoms with E-state index in [0.717, 1.165) is 12.0 Å². The van der Waals surface area contributed by atoms with Crippen LogP contribution in [0.3, 0.4) is 0 Å². The summed E-state index contributed by atoms with van der Waals surface area (Å²) in [7, 11) is 0. The highest BCUT2D eigenvalue weighted by molar-refractivity contribution is 7.80. The Labute approximate surface area is 144 Å². The molecule has 0 aliphatic carbocycles. The Morgan fingerprint density at radius 3 is 2.67 bits per heavy atom. The molecule has 24 heavy (non-hydrogen) atoms. The number of benzene rings is 1. The van der Waals surface area contributed by atoms with Crippen LogP contribution in [0.2, 0.25) is 0 Å². The third-order valence-corrected chi connectivity index (χ3v) is 4.02. The van der Waals surface area contributed by atoms with Gasteiger partial charge in [0.05, 0.1) is 5.92 Å². The predicted molar refractivity (Wildman–Crippen MR) is 91.0 cm³/mol. The topological polar surface area (TPSA) is 99.5 Å². The molecule has 0 aromatic heterocycles. The number of carbonyl (C=O) groups excluding carboxylic acids is 2. The van der Waals surface area contributed by atoms with Crippen LogP contribution in [-0.2, 0) is 11.3 Å². The first kappa shape index (κ1) is 17.9. The third kappa shape index (κ3) is 5.34. The van der Waals surface area contributed by atoms with Crippen molar-refractivity contribution in [1.82, 2.24) is 21.1 Å². The maximum absolute atomic E-state index is 12.8. The van der Waals surface area contributed by atoms with E-state index in [1.54, 1.807) is 12.1 Å². The summed E-state index contributed by atoms with van der Waals surface area (Å²) in [4.78, 5) is 24.7. The quantitative estimate of drug-likeness (QED) is 0.471. The third-order valence-electron chi connectivity index (χ3n) is 3.77. The second kappa shape index (κ2) is 8.44. The number of primary amides is 1. The molecule has 7 nitrogen and oxygen atoms in total. The molecular formula is C15H20FN5O2S. The van der Waals surface area contributed by atoms with E-state index >= 15 is 0 Å². The lowest BCUT2D eigenvalue weighted by molar-refractivity contribution is -0.126. The van der Waals surface area contributed by atoms with Gasteiger partial charge in [-0.1, -0.05) is 12.1 Å². The smallest absolute Gasteiger partial charge is 0.314 e. The average Bonchev–Trinajstić information content (AvgIpc) is 2.59. The number of piperidine rings is 1. The number of likely N-dealkylation sites (tertiary alicyclic amines) is 1. The Hall–Kier alpha value is -2.42. The van der Waals surface area contributed by atoms with Gasteiger partial charge in [-0.25, -0.2) is 9.18 Å². The van der Waals surface area contributed by atoms with E-state index < -0.39 is 6.03 Å². The minimum atomic E-state index is -0.517. The number of rotatable bonds is 3. The number of hydrogen-bond acceptors (Lipinski definition) is 3. The summed E-state index contributed by atoms with van der Waals surface area (Å²) in [6.45, 7) is 1.28. The summed E-state index contributed by atoms with van der Waals surface area (Å²) in [6.07, 6.45) is 1.42. The Bertz CT molecular complexity index is 610. The first-order valence-corrected chi connectivity index (χ1v) is 7.99. The zero-order valence-electron chi connectivity index (χ0n) is 13.0. The van der Waals surface area contributed by atoms with Crippen molar-refractivity contribution < 1.29 is 14.0 Å². The highest BCUT2D eigenvalue weighted by Gasteiger charge is 2.27. The Kier molecular flexibility index (Phi) is 6.30. The Morgan fingerprint density at radius 1 is 1.29 bits per heavy atom. The van der Waals surface area contributed by atoms with E-state index in [-0.39, 0.29) is 22.8 Å². The van der Waals surface area contributed by atoms with Gasteiger partial charge in [0.25, 0.3) is 0 Å². The maximum atomic E-state index is 12.8. The molecule has 130 valence electrons. The van der Waals surface area contributed by atoms with Gasteiger partial charge in [-0.15, -0.1) is 0 Å². The lowest BCUT2D eigenvalue weighted by Crippen LogP contribution is -2.52. The van der Waals surface area contributed by atoms with Crippen LogP contribution < -0.4 is 21.9 Å². The molecule has 9 heteroatoms. The fraction of sp³-hybridized carbons (Fsp3) is 0.400. The number of thiocarbonyl (C=S) groups is 1. The van der Waals surface area contributed by atoms with Crippen molar-refractivity contribution in [2.75, 3.05) is 13.1 Å². The van der Waals surface area contributed by atoms with Crippen LogP contribution in [-0.4, -0.2) is 35.0 Å². The van der Waals surface area contributed by atoms with Gasteiger partial charge in [-0.2, -0.15) is 0 Å². The second-order valence-electron chi connectivity index (χ2n) is 5.55. The standard InChI is InChI=1S/C15H20FN5O2S/c16-12-5-3-10(4-6-12)8-18-15(24)20-19-13(22)11-2-1-7-21(9-11)14(17)23/h3-6,11H,1-2,7-9H2,(H2,17,23)(H,19,22)(H2,18,20,24)/t11-/m1/s1. The zero-order valence-corrected chi connectivity index (χ0v) is 13.9. The van der Waals surface area contributed by atoms with Crippen molar-refractivity contribution in [2.24, 2.45) is 11.7 Å². The van der Waals surface area contributed by atoms with Gasteiger partial charge in [-0.05, 0) is 42.8 Å². The van der Waals surface area contributed by atoms with Gasteiger partial charge in [0.2, 0.25) is 5.91 Å². The zero-order chi connectivity index (χ0) is 17.5. The van der Waals surface area contributed by atoms with Gasteiger partial charge in [0.15, 0.2) is 5.11 Å². The van der Waals surface area contributed by atoms with E-state index in [9.17, 15) is 14.0 Å². The summed E-state index contributed by atoms with van der Waals surface area (Å²) in [5.74, 6) is -0.866. The van der Waals surface area contributed by atoms with Gasteiger partial charge in [0, 0.05) is 19.6 Å². The molecule has 1 fully saturated rings. The minimum absolute atomic E-state index is 0.244. The van der Waals surface area contributed by atoms with Crippen LogP contribution in [0.15, 0.2) is 24.3 Å². The molecule has 1 aliphatic heterocycles. The molecule has 1 aliphatic rings. The van der Waals surface area contributed by atoms with Crippen LogP contribution >= 0.6 is 12.2 Å². The largest absolute Gasteiger partial charge is 0.357 e. The van der Waals surface area contributed by atoms with Gasteiger partial charge >= 0.3 is 6.03 Å². The van der Waals surface area contributed by atoms with Crippen LogP contribution in [0.4, 0.5) is 9.18 Å². The van der Waals surface area contributed by atoms with Crippen molar-refractivity contribution in [2.45, 2.75) is 19.4 Å². The molecule has 0 saturated carbocycles. The molecule has 1 saturated heterocycles. The second-order valence-corrected chi connectivity index (χ2v) is 5.96. The van der Waals surface area contributed by atoms with Crippen LogP contribution in [0.5, 0.6) is 0 Å². The summed E-state index contributed by atoms with van der Waals surface area (Å²) in [5.41, 5.74) is 11.2. The van der Waals surface area contributed by atoms with Gasteiger partial charge < -0.3 is 16.0 Å². The number of urea groups is 1. The molecule has 0 bridgehead atoms. The minimum Gasteiger partial charge on any atom is -0.357 e. The summed E-state index contributed by atoms with van der Waals surface area (Å²) in [5, 5.41) is 3.15. The van der Waals surface area contributed by atoms with Crippen LogP contribution in [0.1, 0.15) is 18.4 Å². The van der Waals surface area contributed by atoms with Crippen LogP contribution in [0, 0.1) is 11.7 Å². The van der Waals surface area contributed by atoms with Gasteiger partial charge in [0.1, 0.15) is 5.82 Å². The molecule has 0 spiro atoms. The van der Waals surface area contributed by atoms with Crippen molar-refractivity contribution in [3.05, 3.63) is 35.6 Å².